The number of carbonyl (C=O) groups excluding carboxylic acids is 1. The molecular formula is C20H19FN4O3. The van der Waals surface area contributed by atoms with Crippen LogP contribution in [-0.2, 0) is 17.9 Å². The summed E-state index contributed by atoms with van der Waals surface area (Å²) in [6.45, 7) is 1.92. The van der Waals surface area contributed by atoms with Gasteiger partial charge in [-0.2, -0.15) is 0 Å². The molecule has 2 aromatic carbocycles. The number of carbonyl (C=O) groups is 1. The number of aromatic amines is 1. The van der Waals surface area contributed by atoms with E-state index >= 15 is 0 Å². The molecule has 0 radical (unpaired) electrons. The predicted octanol–water partition coefficient (Wildman–Crippen LogP) is 3.70. The average molecular weight is 382 g/mol. The summed E-state index contributed by atoms with van der Waals surface area (Å²) in [6, 6.07) is 11.3. The molecule has 4 rings (SSSR count). The van der Waals surface area contributed by atoms with E-state index in [0.29, 0.717) is 30.9 Å². The molecule has 1 aliphatic heterocycles. The highest BCUT2D eigenvalue weighted by Crippen LogP contribution is 2.34. The summed E-state index contributed by atoms with van der Waals surface area (Å²) >= 11 is 0. The molecule has 0 atom stereocenters. The Morgan fingerprint density at radius 1 is 1.32 bits per heavy atom. The fourth-order valence-electron chi connectivity index (χ4n) is 3.02. The molecule has 8 heteroatoms. The summed E-state index contributed by atoms with van der Waals surface area (Å²) in [6.07, 6.45) is 2.88. The van der Waals surface area contributed by atoms with Crippen molar-refractivity contribution in [2.24, 2.45) is 0 Å². The zero-order chi connectivity index (χ0) is 19.3. The van der Waals surface area contributed by atoms with Crippen molar-refractivity contribution in [3.8, 4) is 5.75 Å². The second-order valence-corrected chi connectivity index (χ2v) is 6.34. The molecule has 0 saturated carbocycles. The van der Waals surface area contributed by atoms with Gasteiger partial charge in [0.15, 0.2) is 0 Å². The highest BCUT2D eigenvalue weighted by molar-refractivity contribution is 5.86. The third-order valence-electron chi connectivity index (χ3n) is 4.33. The van der Waals surface area contributed by atoms with E-state index in [-0.39, 0.29) is 12.4 Å². The molecule has 0 unspecified atom stereocenters. The van der Waals surface area contributed by atoms with Crippen LogP contribution >= 0.6 is 0 Å². The van der Waals surface area contributed by atoms with Gasteiger partial charge in [0.2, 0.25) is 0 Å². The van der Waals surface area contributed by atoms with Gasteiger partial charge in [0.05, 0.1) is 30.8 Å². The number of nitrogens with zero attached hydrogens (tertiary/aromatic N) is 2. The number of amides is 1. The van der Waals surface area contributed by atoms with Gasteiger partial charge in [-0.3, -0.25) is 5.32 Å². The number of aromatic nitrogens is 2. The highest BCUT2D eigenvalue weighted by atomic mass is 19.1. The van der Waals surface area contributed by atoms with Crippen LogP contribution in [0.3, 0.4) is 0 Å². The van der Waals surface area contributed by atoms with Gasteiger partial charge < -0.3 is 19.4 Å². The molecule has 0 bridgehead atoms. The fourth-order valence-corrected chi connectivity index (χ4v) is 3.02. The first-order chi connectivity index (χ1) is 13.7. The van der Waals surface area contributed by atoms with E-state index in [2.05, 4.69) is 20.2 Å². The number of nitrogens with one attached hydrogen (secondary N) is 2. The van der Waals surface area contributed by atoms with E-state index in [9.17, 15) is 9.18 Å². The van der Waals surface area contributed by atoms with Crippen LogP contribution in [0.25, 0.3) is 0 Å². The Bertz CT molecular complexity index is 962. The van der Waals surface area contributed by atoms with Crippen molar-refractivity contribution < 1.29 is 18.7 Å². The minimum atomic E-state index is -0.611. The number of ether oxygens (including phenoxy) is 2. The topological polar surface area (TPSA) is 79.5 Å². The van der Waals surface area contributed by atoms with Crippen LogP contribution in [0.15, 0.2) is 55.0 Å². The number of fused-ring (bicyclic) bond motifs is 1. The Morgan fingerprint density at radius 2 is 2.25 bits per heavy atom. The summed E-state index contributed by atoms with van der Waals surface area (Å²) in [5.74, 6) is 0.383. The molecule has 0 fully saturated rings. The second-order valence-electron chi connectivity index (χ2n) is 6.34. The van der Waals surface area contributed by atoms with E-state index < -0.39 is 6.09 Å². The maximum atomic E-state index is 13.2. The highest BCUT2D eigenvalue weighted by Gasteiger charge is 2.20. The number of benzene rings is 2. The van der Waals surface area contributed by atoms with Crippen LogP contribution in [-0.4, -0.2) is 29.2 Å². The lowest BCUT2D eigenvalue weighted by atomic mass is 10.2. The van der Waals surface area contributed by atoms with E-state index in [1.807, 2.05) is 18.3 Å². The van der Waals surface area contributed by atoms with Crippen molar-refractivity contribution in [1.29, 1.82) is 0 Å². The third kappa shape index (κ3) is 4.22. The van der Waals surface area contributed by atoms with Crippen LogP contribution in [0.4, 0.5) is 20.6 Å². The van der Waals surface area contributed by atoms with E-state index in [1.54, 1.807) is 24.5 Å². The minimum absolute atomic E-state index is 0.0110. The van der Waals surface area contributed by atoms with Gasteiger partial charge in [-0.1, -0.05) is 12.1 Å². The number of hydrogen-bond donors (Lipinski definition) is 2. The van der Waals surface area contributed by atoms with Gasteiger partial charge >= 0.3 is 6.09 Å². The smallest absolute Gasteiger partial charge is 0.411 e. The minimum Gasteiger partial charge on any atom is -0.490 e. The number of anilines is 2. The molecule has 7 nitrogen and oxygen atoms in total. The van der Waals surface area contributed by atoms with Gasteiger partial charge in [0.25, 0.3) is 0 Å². The summed E-state index contributed by atoms with van der Waals surface area (Å²) in [4.78, 5) is 21.4. The first-order valence-corrected chi connectivity index (χ1v) is 8.85. The number of hydrogen-bond acceptors (Lipinski definition) is 5. The summed E-state index contributed by atoms with van der Waals surface area (Å²) < 4.78 is 24.1. The van der Waals surface area contributed by atoms with Gasteiger partial charge in [-0.15, -0.1) is 0 Å². The predicted molar refractivity (Wildman–Crippen MR) is 102 cm³/mol. The number of rotatable bonds is 5. The van der Waals surface area contributed by atoms with Crippen LogP contribution in [0.5, 0.6) is 5.75 Å². The Hall–Kier alpha value is -3.55. The molecule has 1 aliphatic rings. The third-order valence-corrected chi connectivity index (χ3v) is 4.33. The Labute approximate surface area is 161 Å². The van der Waals surface area contributed by atoms with E-state index in [0.717, 1.165) is 17.1 Å². The van der Waals surface area contributed by atoms with Gasteiger partial charge in [0, 0.05) is 11.9 Å². The fraction of sp³-hybridized carbons (Fsp3) is 0.200. The monoisotopic (exact) mass is 382 g/mol. The Kier molecular flexibility index (Phi) is 5.09. The molecule has 2 N–H and O–H groups in total. The van der Waals surface area contributed by atoms with E-state index in [4.69, 9.17) is 9.47 Å². The van der Waals surface area contributed by atoms with Crippen LogP contribution < -0.4 is 15.0 Å². The van der Waals surface area contributed by atoms with Crippen LogP contribution in [0.2, 0.25) is 0 Å². The standard InChI is InChI=1S/C20H19FN4O3/c21-15-3-1-2-14(8-15)12-28-20(26)24-16-4-5-19-18(9-16)25(6-7-27-19)11-17-10-22-13-23-17/h1-5,8-10,13H,6-7,11-12H2,(H,22,23)(H,24,26). The second kappa shape index (κ2) is 7.99. The van der Waals surface area contributed by atoms with Gasteiger partial charge in [-0.25, -0.2) is 14.2 Å². The Morgan fingerprint density at radius 3 is 3.07 bits per heavy atom. The summed E-state index contributed by atoms with van der Waals surface area (Å²) in [5, 5.41) is 2.70. The van der Waals surface area contributed by atoms with Crippen molar-refractivity contribution in [2.75, 3.05) is 23.4 Å². The van der Waals surface area contributed by atoms with Gasteiger partial charge in [0.1, 0.15) is 24.8 Å². The number of imidazole rings is 1. The molecule has 1 aromatic heterocycles. The normalized spacial score (nSPS) is 12.8. The summed E-state index contributed by atoms with van der Waals surface area (Å²) in [7, 11) is 0. The molecule has 2 heterocycles. The number of H-pyrrole nitrogens is 1. The molecule has 144 valence electrons. The number of halogens is 1. The molecular weight excluding hydrogens is 363 g/mol. The lowest BCUT2D eigenvalue weighted by molar-refractivity contribution is 0.155. The summed E-state index contributed by atoms with van der Waals surface area (Å²) in [5.41, 5.74) is 2.96. The molecule has 28 heavy (non-hydrogen) atoms. The zero-order valence-electron chi connectivity index (χ0n) is 15.0. The lowest BCUT2D eigenvalue weighted by Crippen LogP contribution is -2.32. The van der Waals surface area contributed by atoms with E-state index in [1.165, 1.54) is 12.1 Å². The average Bonchev–Trinajstić information content (AvgIpc) is 3.20. The maximum Gasteiger partial charge on any atom is 0.411 e. The molecule has 0 saturated heterocycles. The molecule has 3 aromatic rings. The van der Waals surface area contributed by atoms with Crippen molar-refractivity contribution in [3.05, 3.63) is 72.1 Å². The first kappa shape index (κ1) is 17.8. The molecule has 1 amide bonds. The first-order valence-electron chi connectivity index (χ1n) is 8.85. The van der Waals surface area contributed by atoms with Crippen molar-refractivity contribution in [3.63, 3.8) is 0 Å². The Balaban J connectivity index is 1.42. The molecule has 0 aliphatic carbocycles. The van der Waals surface area contributed by atoms with Crippen molar-refractivity contribution in [2.45, 2.75) is 13.2 Å². The quantitative estimate of drug-likeness (QED) is 0.703. The van der Waals surface area contributed by atoms with Crippen molar-refractivity contribution >= 4 is 17.5 Å². The zero-order valence-corrected chi connectivity index (χ0v) is 15.0. The van der Waals surface area contributed by atoms with Crippen molar-refractivity contribution in [1.82, 2.24) is 9.97 Å². The maximum absolute atomic E-state index is 13.2. The van der Waals surface area contributed by atoms with Crippen LogP contribution in [0.1, 0.15) is 11.3 Å². The largest absolute Gasteiger partial charge is 0.490 e. The van der Waals surface area contributed by atoms with Crippen LogP contribution in [0, 0.1) is 5.82 Å². The molecule has 0 spiro atoms. The SMILES string of the molecule is O=C(Nc1ccc2c(c1)N(Cc1c[nH]cn1)CCO2)OCc1cccc(F)c1. The lowest BCUT2D eigenvalue weighted by Gasteiger charge is -2.31. The van der Waals surface area contributed by atoms with Gasteiger partial charge in [-0.05, 0) is 35.9 Å².